The van der Waals surface area contributed by atoms with Crippen molar-refractivity contribution in [1.29, 1.82) is 0 Å². The second-order valence-electron chi connectivity index (χ2n) is 5.85. The van der Waals surface area contributed by atoms with Gasteiger partial charge in [-0.25, -0.2) is 4.39 Å². The highest BCUT2D eigenvalue weighted by Gasteiger charge is 2.31. The summed E-state index contributed by atoms with van der Waals surface area (Å²) in [5.74, 6) is -0.787. The molecule has 0 aliphatic carbocycles. The third-order valence-corrected chi connectivity index (χ3v) is 3.62. The summed E-state index contributed by atoms with van der Waals surface area (Å²) < 4.78 is 51.3. The maximum Gasteiger partial charge on any atom is 0.416 e. The van der Waals surface area contributed by atoms with Gasteiger partial charge in [-0.1, -0.05) is 19.9 Å². The van der Waals surface area contributed by atoms with Crippen LogP contribution in [0.3, 0.4) is 0 Å². The van der Waals surface area contributed by atoms with Gasteiger partial charge >= 0.3 is 6.18 Å². The molecule has 1 aromatic carbocycles. The molecule has 1 saturated heterocycles. The summed E-state index contributed by atoms with van der Waals surface area (Å²) in [6, 6.07) is 3.51. The van der Waals surface area contributed by atoms with Gasteiger partial charge < -0.3 is 5.32 Å². The lowest BCUT2D eigenvalue weighted by molar-refractivity contribution is -0.137. The van der Waals surface area contributed by atoms with Crippen LogP contribution in [-0.2, 0) is 12.7 Å². The van der Waals surface area contributed by atoms with E-state index in [1.54, 1.807) is 0 Å². The molecule has 1 unspecified atom stereocenters. The normalized spacial score (nSPS) is 20.4. The van der Waals surface area contributed by atoms with Gasteiger partial charge in [0, 0.05) is 37.3 Å². The fourth-order valence-corrected chi connectivity index (χ4v) is 2.68. The molecular weight excluding hydrogens is 284 g/mol. The minimum atomic E-state index is -4.50. The molecule has 1 aliphatic heterocycles. The Balaban J connectivity index is 1.98. The van der Waals surface area contributed by atoms with E-state index < -0.39 is 17.6 Å². The van der Waals surface area contributed by atoms with Gasteiger partial charge in [0.25, 0.3) is 0 Å². The lowest BCUT2D eigenvalue weighted by Crippen LogP contribution is -2.36. The van der Waals surface area contributed by atoms with Crippen molar-refractivity contribution in [1.82, 2.24) is 10.2 Å². The Morgan fingerprint density at radius 2 is 2.05 bits per heavy atom. The molecule has 1 aliphatic rings. The van der Waals surface area contributed by atoms with Gasteiger partial charge in [-0.3, -0.25) is 4.90 Å². The van der Waals surface area contributed by atoms with E-state index >= 15 is 0 Å². The van der Waals surface area contributed by atoms with Crippen LogP contribution >= 0.6 is 0 Å². The van der Waals surface area contributed by atoms with Gasteiger partial charge in [0.05, 0.1) is 5.56 Å². The Kier molecular flexibility index (Phi) is 4.88. The number of benzene rings is 1. The van der Waals surface area contributed by atoms with Gasteiger partial charge in [0.1, 0.15) is 5.82 Å². The first kappa shape index (κ1) is 16.2. The Bertz CT molecular complexity index is 485. The summed E-state index contributed by atoms with van der Waals surface area (Å²) in [6.07, 6.45) is -3.53. The summed E-state index contributed by atoms with van der Waals surface area (Å²) in [6.45, 7) is 6.10. The van der Waals surface area contributed by atoms with E-state index in [2.05, 4.69) is 24.1 Å². The maximum atomic E-state index is 13.8. The van der Waals surface area contributed by atoms with Crippen LogP contribution in [0.1, 0.15) is 31.4 Å². The molecule has 1 fully saturated rings. The van der Waals surface area contributed by atoms with E-state index in [-0.39, 0.29) is 0 Å². The van der Waals surface area contributed by atoms with Crippen molar-refractivity contribution in [2.75, 3.05) is 13.1 Å². The lowest BCUT2D eigenvalue weighted by Gasteiger charge is -2.19. The van der Waals surface area contributed by atoms with Gasteiger partial charge in [-0.15, -0.1) is 0 Å². The van der Waals surface area contributed by atoms with Crippen LogP contribution in [0.15, 0.2) is 18.2 Å². The van der Waals surface area contributed by atoms with Crippen LogP contribution < -0.4 is 5.32 Å². The van der Waals surface area contributed by atoms with Gasteiger partial charge in [-0.05, 0) is 18.6 Å². The molecule has 0 radical (unpaired) electrons. The molecule has 2 nitrogen and oxygen atoms in total. The Labute approximate surface area is 122 Å². The van der Waals surface area contributed by atoms with Crippen LogP contribution in [0.5, 0.6) is 0 Å². The molecule has 0 spiro atoms. The molecule has 0 bridgehead atoms. The molecule has 118 valence electrons. The van der Waals surface area contributed by atoms with Crippen molar-refractivity contribution in [3.05, 3.63) is 35.1 Å². The van der Waals surface area contributed by atoms with E-state index in [1.165, 1.54) is 6.07 Å². The average molecular weight is 304 g/mol. The van der Waals surface area contributed by atoms with Crippen molar-refractivity contribution >= 4 is 0 Å². The standard InChI is InChI=1S/C15H20F4N2/c1-10(2)20-13-5-6-21(9-13)8-11-3-4-12(7-14(11)16)15(17,18)19/h3-4,7,10,13,20H,5-6,8-9H2,1-2H3. The Hall–Kier alpha value is -1.14. The first-order valence-corrected chi connectivity index (χ1v) is 7.09. The average Bonchev–Trinajstić information content (AvgIpc) is 2.77. The zero-order valence-corrected chi connectivity index (χ0v) is 12.2. The molecule has 0 amide bonds. The predicted octanol–water partition coefficient (Wildman–Crippen LogP) is 3.42. The van der Waals surface area contributed by atoms with Crippen LogP contribution in [-0.4, -0.2) is 30.1 Å². The van der Waals surface area contributed by atoms with Crippen molar-refractivity contribution < 1.29 is 17.6 Å². The second kappa shape index (κ2) is 6.32. The highest BCUT2D eigenvalue weighted by atomic mass is 19.4. The largest absolute Gasteiger partial charge is 0.416 e. The van der Waals surface area contributed by atoms with E-state index in [9.17, 15) is 17.6 Å². The number of hydrogen-bond acceptors (Lipinski definition) is 2. The molecule has 21 heavy (non-hydrogen) atoms. The van der Waals surface area contributed by atoms with Gasteiger partial charge in [0.15, 0.2) is 0 Å². The SMILES string of the molecule is CC(C)NC1CCN(Cc2ccc(C(F)(F)F)cc2F)C1. The fraction of sp³-hybridized carbons (Fsp3) is 0.600. The van der Waals surface area contributed by atoms with E-state index in [1.807, 2.05) is 0 Å². The lowest BCUT2D eigenvalue weighted by atomic mass is 10.1. The minimum Gasteiger partial charge on any atom is -0.310 e. The second-order valence-corrected chi connectivity index (χ2v) is 5.85. The topological polar surface area (TPSA) is 15.3 Å². The minimum absolute atomic E-state index is 0.313. The Morgan fingerprint density at radius 3 is 2.62 bits per heavy atom. The smallest absolute Gasteiger partial charge is 0.310 e. The summed E-state index contributed by atoms with van der Waals surface area (Å²) >= 11 is 0. The van der Waals surface area contributed by atoms with Gasteiger partial charge in [0.2, 0.25) is 0 Å². The Morgan fingerprint density at radius 1 is 1.33 bits per heavy atom. The molecule has 1 aromatic rings. The first-order chi connectivity index (χ1) is 9.75. The van der Waals surface area contributed by atoms with Crippen molar-refractivity contribution in [2.24, 2.45) is 0 Å². The number of hydrogen-bond donors (Lipinski definition) is 1. The van der Waals surface area contributed by atoms with Crippen LogP contribution in [0, 0.1) is 5.82 Å². The number of halogens is 4. The quantitative estimate of drug-likeness (QED) is 0.858. The third kappa shape index (κ3) is 4.41. The number of rotatable bonds is 4. The van der Waals surface area contributed by atoms with E-state index in [0.29, 0.717) is 30.3 Å². The first-order valence-electron chi connectivity index (χ1n) is 7.09. The highest BCUT2D eigenvalue weighted by Crippen LogP contribution is 2.30. The molecule has 0 aromatic heterocycles. The molecule has 1 atom stereocenters. The number of likely N-dealkylation sites (tertiary alicyclic amines) is 1. The van der Waals surface area contributed by atoms with E-state index in [4.69, 9.17) is 0 Å². The molecule has 6 heteroatoms. The number of alkyl halides is 3. The van der Waals surface area contributed by atoms with Crippen LogP contribution in [0.2, 0.25) is 0 Å². The van der Waals surface area contributed by atoms with E-state index in [0.717, 1.165) is 25.6 Å². The summed E-state index contributed by atoms with van der Waals surface area (Å²) in [7, 11) is 0. The highest BCUT2D eigenvalue weighted by molar-refractivity contribution is 5.26. The monoisotopic (exact) mass is 304 g/mol. The maximum absolute atomic E-state index is 13.8. The molecular formula is C15H20F4N2. The van der Waals surface area contributed by atoms with Gasteiger partial charge in [-0.2, -0.15) is 13.2 Å². The van der Waals surface area contributed by atoms with Crippen molar-refractivity contribution in [3.63, 3.8) is 0 Å². The van der Waals surface area contributed by atoms with Crippen LogP contribution in [0.4, 0.5) is 17.6 Å². The summed E-state index contributed by atoms with van der Waals surface area (Å²) in [4.78, 5) is 2.06. The molecule has 1 N–H and O–H groups in total. The summed E-state index contributed by atoms with van der Waals surface area (Å²) in [5.41, 5.74) is -0.627. The third-order valence-electron chi connectivity index (χ3n) is 3.62. The zero-order chi connectivity index (χ0) is 15.6. The number of nitrogens with one attached hydrogen (secondary N) is 1. The fourth-order valence-electron chi connectivity index (χ4n) is 2.68. The predicted molar refractivity (Wildman–Crippen MR) is 73.4 cm³/mol. The number of nitrogens with zero attached hydrogens (tertiary/aromatic N) is 1. The molecule has 1 heterocycles. The van der Waals surface area contributed by atoms with Crippen molar-refractivity contribution in [3.8, 4) is 0 Å². The van der Waals surface area contributed by atoms with Crippen molar-refractivity contribution in [2.45, 2.75) is 45.1 Å². The van der Waals surface area contributed by atoms with Crippen LogP contribution in [0.25, 0.3) is 0 Å². The molecule has 2 rings (SSSR count). The zero-order valence-electron chi connectivity index (χ0n) is 12.2. The molecule has 0 saturated carbocycles. The summed E-state index contributed by atoms with van der Waals surface area (Å²) in [5, 5.41) is 3.42.